The number of nitrogens with zero attached hydrogens (tertiary/aromatic N) is 1. The number of halogens is 1. The van der Waals surface area contributed by atoms with Crippen molar-refractivity contribution in [2.75, 3.05) is 6.54 Å². The van der Waals surface area contributed by atoms with Gasteiger partial charge in [0.15, 0.2) is 0 Å². The number of hydrogen-bond donors (Lipinski definition) is 1. The Morgan fingerprint density at radius 1 is 1.46 bits per heavy atom. The number of hydrogen-bond acceptors (Lipinski definition) is 2. The van der Waals surface area contributed by atoms with E-state index in [1.807, 2.05) is 0 Å². The maximum atomic E-state index is 12.8. The molecule has 0 saturated heterocycles. The lowest BCUT2D eigenvalue weighted by Crippen LogP contribution is -2.25. The van der Waals surface area contributed by atoms with E-state index in [1.54, 1.807) is 6.20 Å². The highest BCUT2D eigenvalue weighted by atomic mass is 19.1. The molecule has 0 atom stereocenters. The van der Waals surface area contributed by atoms with Crippen molar-refractivity contribution >= 4 is 0 Å². The molecule has 0 aliphatic heterocycles. The zero-order chi connectivity index (χ0) is 9.90. The van der Waals surface area contributed by atoms with Crippen molar-refractivity contribution in [2.24, 2.45) is 11.1 Å². The molecule has 0 aromatic carbocycles. The van der Waals surface area contributed by atoms with Gasteiger partial charge in [-0.05, 0) is 30.0 Å². The van der Waals surface area contributed by atoms with E-state index < -0.39 is 0 Å². The van der Waals surface area contributed by atoms with Gasteiger partial charge in [-0.3, -0.25) is 4.98 Å². The van der Waals surface area contributed by atoms with E-state index in [0.717, 1.165) is 12.0 Å². The van der Waals surface area contributed by atoms with Gasteiger partial charge >= 0.3 is 0 Å². The van der Waals surface area contributed by atoms with Gasteiger partial charge in [-0.15, -0.1) is 0 Å². The fourth-order valence-corrected chi connectivity index (χ4v) is 1.18. The standard InChI is InChI=1S/C10H15FN2/c1-10(2,7-12)4-8-3-9(11)6-13-5-8/h3,5-6H,4,7,12H2,1-2H3. The summed E-state index contributed by atoms with van der Waals surface area (Å²) in [7, 11) is 0. The molecule has 1 aromatic rings. The molecule has 72 valence electrons. The minimum absolute atomic E-state index is 0.00940. The van der Waals surface area contributed by atoms with Crippen LogP contribution in [0.3, 0.4) is 0 Å². The van der Waals surface area contributed by atoms with Gasteiger partial charge in [-0.25, -0.2) is 4.39 Å². The van der Waals surface area contributed by atoms with E-state index in [2.05, 4.69) is 18.8 Å². The van der Waals surface area contributed by atoms with Crippen LogP contribution in [0, 0.1) is 11.2 Å². The van der Waals surface area contributed by atoms with Crippen molar-refractivity contribution in [3.8, 4) is 0 Å². The third-order valence-corrected chi connectivity index (χ3v) is 2.00. The molecule has 0 aliphatic rings. The highest BCUT2D eigenvalue weighted by Crippen LogP contribution is 2.19. The Hall–Kier alpha value is -0.960. The van der Waals surface area contributed by atoms with Crippen LogP contribution in [0.5, 0.6) is 0 Å². The van der Waals surface area contributed by atoms with E-state index in [1.165, 1.54) is 12.3 Å². The summed E-state index contributed by atoms with van der Waals surface area (Å²) < 4.78 is 12.8. The second-order valence-corrected chi connectivity index (χ2v) is 4.06. The van der Waals surface area contributed by atoms with Gasteiger partial charge in [-0.1, -0.05) is 13.8 Å². The van der Waals surface area contributed by atoms with E-state index >= 15 is 0 Å². The first-order chi connectivity index (χ1) is 6.03. The number of aromatic nitrogens is 1. The maximum absolute atomic E-state index is 12.8. The zero-order valence-electron chi connectivity index (χ0n) is 8.05. The molecule has 2 nitrogen and oxygen atoms in total. The molecule has 13 heavy (non-hydrogen) atoms. The van der Waals surface area contributed by atoms with Crippen molar-refractivity contribution in [2.45, 2.75) is 20.3 Å². The topological polar surface area (TPSA) is 38.9 Å². The molecule has 0 spiro atoms. The van der Waals surface area contributed by atoms with Crippen molar-refractivity contribution in [1.29, 1.82) is 0 Å². The van der Waals surface area contributed by atoms with Gasteiger partial charge in [0.25, 0.3) is 0 Å². The van der Waals surface area contributed by atoms with Gasteiger partial charge in [-0.2, -0.15) is 0 Å². The molecule has 0 radical (unpaired) electrons. The Kier molecular flexibility index (Phi) is 2.98. The molecule has 0 unspecified atom stereocenters. The minimum Gasteiger partial charge on any atom is -0.330 e. The summed E-state index contributed by atoms with van der Waals surface area (Å²) in [6.07, 6.45) is 3.65. The number of pyridine rings is 1. The maximum Gasteiger partial charge on any atom is 0.141 e. The summed E-state index contributed by atoms with van der Waals surface area (Å²) >= 11 is 0. The highest BCUT2D eigenvalue weighted by Gasteiger charge is 2.16. The van der Waals surface area contributed by atoms with Crippen LogP contribution in [0.25, 0.3) is 0 Å². The Labute approximate surface area is 78.0 Å². The normalized spacial score (nSPS) is 11.7. The smallest absolute Gasteiger partial charge is 0.141 e. The van der Waals surface area contributed by atoms with Crippen LogP contribution in [0.2, 0.25) is 0 Å². The van der Waals surface area contributed by atoms with E-state index in [-0.39, 0.29) is 11.2 Å². The lowest BCUT2D eigenvalue weighted by atomic mass is 9.86. The Morgan fingerprint density at radius 2 is 2.15 bits per heavy atom. The van der Waals surface area contributed by atoms with Crippen LogP contribution in [0.1, 0.15) is 19.4 Å². The van der Waals surface area contributed by atoms with Crippen molar-refractivity contribution in [3.63, 3.8) is 0 Å². The fourth-order valence-electron chi connectivity index (χ4n) is 1.18. The molecule has 1 aromatic heterocycles. The molecule has 1 rings (SSSR count). The first-order valence-electron chi connectivity index (χ1n) is 4.33. The predicted molar refractivity (Wildman–Crippen MR) is 50.7 cm³/mol. The molecule has 1 heterocycles. The van der Waals surface area contributed by atoms with Crippen LogP contribution >= 0.6 is 0 Å². The van der Waals surface area contributed by atoms with Gasteiger partial charge in [0.05, 0.1) is 6.20 Å². The van der Waals surface area contributed by atoms with Crippen molar-refractivity contribution in [1.82, 2.24) is 4.98 Å². The van der Waals surface area contributed by atoms with Crippen LogP contribution in [-0.4, -0.2) is 11.5 Å². The highest BCUT2D eigenvalue weighted by molar-refractivity contribution is 5.12. The molecule has 3 heteroatoms. The Bertz CT molecular complexity index is 284. The number of rotatable bonds is 3. The third-order valence-electron chi connectivity index (χ3n) is 2.00. The van der Waals surface area contributed by atoms with Crippen molar-refractivity contribution < 1.29 is 4.39 Å². The summed E-state index contributed by atoms with van der Waals surface area (Å²) in [4.78, 5) is 3.79. The average molecular weight is 182 g/mol. The minimum atomic E-state index is -0.287. The monoisotopic (exact) mass is 182 g/mol. The molecule has 0 saturated carbocycles. The van der Waals surface area contributed by atoms with E-state index in [4.69, 9.17) is 5.73 Å². The van der Waals surface area contributed by atoms with Crippen LogP contribution in [0.4, 0.5) is 4.39 Å². The van der Waals surface area contributed by atoms with Crippen molar-refractivity contribution in [3.05, 3.63) is 29.8 Å². The SMILES string of the molecule is CC(C)(CN)Cc1cncc(F)c1. The Morgan fingerprint density at radius 3 is 2.69 bits per heavy atom. The second-order valence-electron chi connectivity index (χ2n) is 4.06. The second kappa shape index (κ2) is 3.83. The lowest BCUT2D eigenvalue weighted by molar-refractivity contribution is 0.375. The summed E-state index contributed by atoms with van der Waals surface area (Å²) in [5.41, 5.74) is 6.49. The third kappa shape index (κ3) is 3.11. The van der Waals surface area contributed by atoms with E-state index in [9.17, 15) is 4.39 Å². The van der Waals surface area contributed by atoms with Gasteiger partial charge in [0.1, 0.15) is 5.82 Å². The molecule has 0 fully saturated rings. The quantitative estimate of drug-likeness (QED) is 0.773. The largest absolute Gasteiger partial charge is 0.330 e. The summed E-state index contributed by atoms with van der Waals surface area (Å²) in [5, 5.41) is 0. The number of nitrogens with two attached hydrogens (primary N) is 1. The van der Waals surface area contributed by atoms with Crippen LogP contribution < -0.4 is 5.73 Å². The summed E-state index contributed by atoms with van der Waals surface area (Å²) in [5.74, 6) is -0.287. The fraction of sp³-hybridized carbons (Fsp3) is 0.500. The van der Waals surface area contributed by atoms with Gasteiger partial charge < -0.3 is 5.73 Å². The predicted octanol–water partition coefficient (Wildman–Crippen LogP) is 1.75. The average Bonchev–Trinajstić information content (AvgIpc) is 2.03. The molecule has 0 bridgehead atoms. The van der Waals surface area contributed by atoms with Crippen LogP contribution in [0.15, 0.2) is 18.5 Å². The summed E-state index contributed by atoms with van der Waals surface area (Å²) in [6.45, 7) is 4.69. The summed E-state index contributed by atoms with van der Waals surface area (Å²) in [6, 6.07) is 1.50. The molecular formula is C10H15FN2. The molecule has 0 aliphatic carbocycles. The Balaban J connectivity index is 2.74. The molecular weight excluding hydrogens is 167 g/mol. The molecule has 2 N–H and O–H groups in total. The van der Waals surface area contributed by atoms with Gasteiger partial charge in [0.2, 0.25) is 0 Å². The van der Waals surface area contributed by atoms with E-state index in [0.29, 0.717) is 6.54 Å². The van der Waals surface area contributed by atoms with Gasteiger partial charge in [0, 0.05) is 6.20 Å². The lowest BCUT2D eigenvalue weighted by Gasteiger charge is -2.21. The van der Waals surface area contributed by atoms with Crippen LogP contribution in [-0.2, 0) is 6.42 Å². The molecule has 0 amide bonds. The first kappa shape index (κ1) is 10.1. The first-order valence-corrected chi connectivity index (χ1v) is 4.33. The zero-order valence-corrected chi connectivity index (χ0v) is 8.05.